The quantitative estimate of drug-likeness (QED) is 0.620. The van der Waals surface area contributed by atoms with Gasteiger partial charge in [0.05, 0.1) is 12.5 Å². The molecule has 7 atom stereocenters. The van der Waals surface area contributed by atoms with Gasteiger partial charge in [0.15, 0.2) is 12.4 Å². The second kappa shape index (κ2) is 8.01. The summed E-state index contributed by atoms with van der Waals surface area (Å²) in [5, 5.41) is 23.1. The summed E-state index contributed by atoms with van der Waals surface area (Å²) in [6, 6.07) is 0. The van der Waals surface area contributed by atoms with Crippen molar-refractivity contribution in [3.05, 3.63) is 11.6 Å². The van der Waals surface area contributed by atoms with Crippen molar-refractivity contribution in [1.82, 2.24) is 0 Å². The van der Waals surface area contributed by atoms with E-state index in [9.17, 15) is 24.6 Å². The van der Waals surface area contributed by atoms with Crippen molar-refractivity contribution < 1.29 is 29.3 Å². The zero-order chi connectivity index (χ0) is 24.4. The van der Waals surface area contributed by atoms with Gasteiger partial charge in [-0.25, -0.2) is 0 Å². The Kier molecular flexibility index (Phi) is 5.97. The SMILES string of the molecule is CC(C)(C)CC(=O)OCC(=O)[C@@]1(O)CC[C@H]2[C@@H]3CCC4=CC(=O)CC[C@]4(C)[C@H]3[C@@H](O)C[C@@]21C. The lowest BCUT2D eigenvalue weighted by atomic mass is 9.45. The van der Waals surface area contributed by atoms with E-state index in [2.05, 4.69) is 6.92 Å². The number of hydrogen-bond acceptors (Lipinski definition) is 6. The molecule has 0 aliphatic heterocycles. The number of rotatable bonds is 4. The predicted molar refractivity (Wildman–Crippen MR) is 123 cm³/mol. The summed E-state index contributed by atoms with van der Waals surface area (Å²) in [6.45, 7) is 9.50. The third-order valence-corrected chi connectivity index (χ3v) is 9.55. The van der Waals surface area contributed by atoms with Crippen molar-refractivity contribution in [3.8, 4) is 0 Å². The third kappa shape index (κ3) is 3.91. The van der Waals surface area contributed by atoms with Gasteiger partial charge in [-0.1, -0.05) is 40.2 Å². The molecule has 0 aromatic heterocycles. The first kappa shape index (κ1) is 24.6. The molecule has 2 N–H and O–H groups in total. The van der Waals surface area contributed by atoms with Gasteiger partial charge in [-0.05, 0) is 73.2 Å². The standard InChI is InChI=1S/C27H40O6/c1-24(2,3)14-22(31)33-15-21(30)27(32)11-9-19-18-7-6-16-12-17(28)8-10-25(16,4)23(18)20(29)13-26(19,27)5/h12,18-20,23,29,32H,6-11,13-15H2,1-5H3/t18-,19-,20-,23+,25-,26-,27-/m0/s1. The number of ether oxygens (including phenoxy) is 1. The molecule has 4 rings (SSSR count). The number of allylic oxidation sites excluding steroid dienone is 1. The van der Waals surface area contributed by atoms with Crippen molar-refractivity contribution in [1.29, 1.82) is 0 Å². The van der Waals surface area contributed by atoms with Gasteiger partial charge in [-0.3, -0.25) is 14.4 Å². The highest BCUT2D eigenvalue weighted by atomic mass is 16.5. The number of hydrogen-bond donors (Lipinski definition) is 2. The molecule has 33 heavy (non-hydrogen) atoms. The number of aliphatic hydroxyl groups is 2. The lowest BCUT2D eigenvalue weighted by Gasteiger charge is -2.60. The van der Waals surface area contributed by atoms with E-state index in [-0.39, 0.29) is 40.8 Å². The highest BCUT2D eigenvalue weighted by molar-refractivity contribution is 5.92. The average molecular weight is 461 g/mol. The Morgan fingerprint density at radius 1 is 1.15 bits per heavy atom. The first-order chi connectivity index (χ1) is 15.2. The number of carbonyl (C=O) groups is 3. The monoisotopic (exact) mass is 460 g/mol. The highest BCUT2D eigenvalue weighted by Gasteiger charge is 2.68. The minimum absolute atomic E-state index is 0.0331. The zero-order valence-electron chi connectivity index (χ0n) is 20.8. The van der Waals surface area contributed by atoms with E-state index in [0.717, 1.165) is 31.3 Å². The molecule has 0 spiro atoms. The van der Waals surface area contributed by atoms with Crippen LogP contribution in [0.3, 0.4) is 0 Å². The normalized spacial score (nSPS) is 42.6. The third-order valence-electron chi connectivity index (χ3n) is 9.55. The summed E-state index contributed by atoms with van der Waals surface area (Å²) >= 11 is 0. The van der Waals surface area contributed by atoms with Crippen LogP contribution in [0.5, 0.6) is 0 Å². The molecule has 184 valence electrons. The van der Waals surface area contributed by atoms with E-state index >= 15 is 0 Å². The smallest absolute Gasteiger partial charge is 0.306 e. The van der Waals surface area contributed by atoms with Crippen molar-refractivity contribution in [2.24, 2.45) is 34.0 Å². The molecule has 3 fully saturated rings. The molecule has 0 bridgehead atoms. The van der Waals surface area contributed by atoms with E-state index in [0.29, 0.717) is 19.3 Å². The van der Waals surface area contributed by atoms with E-state index < -0.39 is 35.5 Å². The van der Waals surface area contributed by atoms with Crippen LogP contribution in [0.15, 0.2) is 11.6 Å². The molecule has 6 heteroatoms. The maximum Gasteiger partial charge on any atom is 0.306 e. The minimum Gasteiger partial charge on any atom is -0.458 e. The lowest BCUT2D eigenvalue weighted by Crippen LogP contribution is -2.62. The van der Waals surface area contributed by atoms with Gasteiger partial charge in [0.2, 0.25) is 5.78 Å². The number of fused-ring (bicyclic) bond motifs is 5. The fourth-order valence-corrected chi connectivity index (χ4v) is 7.90. The predicted octanol–water partition coefficient (Wildman–Crippen LogP) is 3.77. The van der Waals surface area contributed by atoms with Crippen LogP contribution in [0, 0.1) is 34.0 Å². The first-order valence-corrected chi connectivity index (χ1v) is 12.5. The second-order valence-electron chi connectivity index (χ2n) is 12.8. The maximum atomic E-state index is 13.2. The fourth-order valence-electron chi connectivity index (χ4n) is 7.90. The van der Waals surface area contributed by atoms with Crippen LogP contribution in [0.2, 0.25) is 0 Å². The van der Waals surface area contributed by atoms with Crippen LogP contribution in [-0.4, -0.2) is 46.1 Å². The summed E-state index contributed by atoms with van der Waals surface area (Å²) in [6.07, 6.45) is 5.72. The Hall–Kier alpha value is -1.53. The molecule has 4 aliphatic carbocycles. The Bertz CT molecular complexity index is 884. The summed E-state index contributed by atoms with van der Waals surface area (Å²) in [7, 11) is 0. The first-order valence-electron chi connectivity index (χ1n) is 12.5. The maximum absolute atomic E-state index is 13.2. The van der Waals surface area contributed by atoms with E-state index in [1.807, 2.05) is 27.7 Å². The van der Waals surface area contributed by atoms with Crippen molar-refractivity contribution in [3.63, 3.8) is 0 Å². The van der Waals surface area contributed by atoms with Crippen LogP contribution >= 0.6 is 0 Å². The Morgan fingerprint density at radius 3 is 2.52 bits per heavy atom. The summed E-state index contributed by atoms with van der Waals surface area (Å²) in [5.74, 6) is -0.371. The molecule has 0 radical (unpaired) electrons. The molecule has 6 nitrogen and oxygen atoms in total. The van der Waals surface area contributed by atoms with E-state index in [4.69, 9.17) is 4.74 Å². The summed E-state index contributed by atoms with van der Waals surface area (Å²) in [5.41, 5.74) is -1.64. The summed E-state index contributed by atoms with van der Waals surface area (Å²) in [4.78, 5) is 37.4. The fraction of sp³-hybridized carbons (Fsp3) is 0.815. The van der Waals surface area contributed by atoms with Gasteiger partial charge >= 0.3 is 5.97 Å². The molecular weight excluding hydrogens is 420 g/mol. The molecule has 4 aliphatic rings. The Morgan fingerprint density at radius 2 is 1.85 bits per heavy atom. The van der Waals surface area contributed by atoms with Crippen molar-refractivity contribution >= 4 is 17.5 Å². The van der Waals surface area contributed by atoms with E-state index in [1.165, 1.54) is 0 Å². The molecule has 0 aromatic carbocycles. The van der Waals surface area contributed by atoms with Gasteiger partial charge in [0.25, 0.3) is 0 Å². The Labute approximate surface area is 197 Å². The number of aliphatic hydroxyl groups excluding tert-OH is 1. The number of carbonyl (C=O) groups excluding carboxylic acids is 3. The minimum atomic E-state index is -1.61. The van der Waals surface area contributed by atoms with Crippen LogP contribution in [0.1, 0.15) is 86.0 Å². The molecule has 0 heterocycles. The lowest BCUT2D eigenvalue weighted by molar-refractivity contribution is -0.184. The van der Waals surface area contributed by atoms with Crippen molar-refractivity contribution in [2.75, 3.05) is 6.61 Å². The number of Topliss-reactive ketones (excluding diaryl/α,β-unsaturated/α-hetero) is 1. The van der Waals surface area contributed by atoms with Gasteiger partial charge in [0, 0.05) is 11.8 Å². The number of esters is 1. The molecule has 0 aromatic rings. The topological polar surface area (TPSA) is 101 Å². The molecule has 0 unspecified atom stereocenters. The highest BCUT2D eigenvalue weighted by Crippen LogP contribution is 2.67. The largest absolute Gasteiger partial charge is 0.458 e. The number of ketones is 2. The average Bonchev–Trinajstić information content (AvgIpc) is 2.96. The van der Waals surface area contributed by atoms with Gasteiger partial charge < -0.3 is 14.9 Å². The molecule has 3 saturated carbocycles. The summed E-state index contributed by atoms with van der Waals surface area (Å²) < 4.78 is 5.26. The molecule has 0 amide bonds. The zero-order valence-corrected chi connectivity index (χ0v) is 20.8. The van der Waals surface area contributed by atoms with Crippen LogP contribution in [0.4, 0.5) is 0 Å². The van der Waals surface area contributed by atoms with Crippen LogP contribution in [0.25, 0.3) is 0 Å². The molecule has 0 saturated heterocycles. The van der Waals surface area contributed by atoms with E-state index in [1.54, 1.807) is 6.08 Å². The second-order valence-corrected chi connectivity index (χ2v) is 12.8. The molecular formula is C27H40O6. The van der Waals surface area contributed by atoms with Gasteiger partial charge in [-0.2, -0.15) is 0 Å². The van der Waals surface area contributed by atoms with Crippen LogP contribution in [-0.2, 0) is 19.1 Å². The van der Waals surface area contributed by atoms with Crippen LogP contribution < -0.4 is 0 Å². The van der Waals surface area contributed by atoms with Gasteiger partial charge in [-0.15, -0.1) is 0 Å². The Balaban J connectivity index is 1.55. The van der Waals surface area contributed by atoms with Crippen molar-refractivity contribution in [2.45, 2.75) is 97.7 Å². The van der Waals surface area contributed by atoms with Gasteiger partial charge in [0.1, 0.15) is 5.60 Å².